The lowest BCUT2D eigenvalue weighted by molar-refractivity contribution is -0.144. The first kappa shape index (κ1) is 14.3. The molecule has 1 fully saturated rings. The number of halogens is 3. The lowest BCUT2D eigenvalue weighted by Crippen LogP contribution is -2.44. The van der Waals surface area contributed by atoms with Crippen molar-refractivity contribution in [3.8, 4) is 0 Å². The molecule has 1 aliphatic heterocycles. The van der Waals surface area contributed by atoms with Crippen LogP contribution >= 0.6 is 0 Å². The molecule has 5 N–H and O–H groups in total. The van der Waals surface area contributed by atoms with Gasteiger partial charge in [-0.1, -0.05) is 0 Å². The smallest absolute Gasteiger partial charge is 0.358 e. The number of rotatable bonds is 3. The van der Waals surface area contributed by atoms with Gasteiger partial charge >= 0.3 is 6.18 Å². The van der Waals surface area contributed by atoms with Crippen molar-refractivity contribution in [3.05, 3.63) is 11.9 Å². The molecule has 10 heteroatoms. The second kappa shape index (κ2) is 5.49. The molecule has 0 aromatic carbocycles. The average Bonchev–Trinajstić information content (AvgIpc) is 2.40. The average molecular weight is 290 g/mol. The molecule has 1 aliphatic rings. The van der Waals surface area contributed by atoms with Gasteiger partial charge < -0.3 is 16.1 Å². The van der Waals surface area contributed by atoms with Crippen molar-refractivity contribution in [2.75, 3.05) is 17.3 Å². The van der Waals surface area contributed by atoms with Gasteiger partial charge in [0.05, 0.1) is 0 Å². The molecule has 110 valence electrons. The number of carbonyl (C=O) groups is 1. The summed E-state index contributed by atoms with van der Waals surface area (Å²) in [6.07, 6.45) is -3.44. The fraction of sp³-hybridized carbons (Fsp3) is 0.500. The van der Waals surface area contributed by atoms with E-state index in [-0.39, 0.29) is 17.5 Å². The van der Waals surface area contributed by atoms with Gasteiger partial charge in [0.1, 0.15) is 17.7 Å². The number of piperidine rings is 1. The number of carbonyl (C=O) groups excluding carboxylic acids is 1. The van der Waals surface area contributed by atoms with Gasteiger partial charge in [-0.25, -0.2) is 15.8 Å². The number of nitrogens with one attached hydrogen (secondary N) is 3. The number of hydrazine groups is 1. The predicted molar refractivity (Wildman–Crippen MR) is 64.5 cm³/mol. The molecular weight excluding hydrogens is 277 g/mol. The number of aromatic nitrogens is 2. The number of nitrogen functional groups attached to an aromatic ring is 1. The summed E-state index contributed by atoms with van der Waals surface area (Å²) in [7, 11) is 0. The molecule has 1 aromatic heterocycles. The summed E-state index contributed by atoms with van der Waals surface area (Å²) in [4.78, 5) is 18.1. The molecule has 20 heavy (non-hydrogen) atoms. The first-order chi connectivity index (χ1) is 9.40. The highest BCUT2D eigenvalue weighted by molar-refractivity contribution is 5.85. The van der Waals surface area contributed by atoms with E-state index in [9.17, 15) is 18.0 Å². The standard InChI is InChI=1S/C10H13F3N6O/c11-10(12,13)9-17-6(4-7(18-9)19-14)16-5-2-1-3-15-8(5)20/h4-5H,1-3,14H2,(H,15,20)(H2,16,17,18,19). The largest absolute Gasteiger partial charge is 0.451 e. The quantitative estimate of drug-likeness (QED) is 0.476. The number of hydrogen-bond donors (Lipinski definition) is 4. The highest BCUT2D eigenvalue weighted by Gasteiger charge is 2.35. The second-order valence-electron chi connectivity index (χ2n) is 4.23. The fourth-order valence-electron chi connectivity index (χ4n) is 1.81. The van der Waals surface area contributed by atoms with Crippen molar-refractivity contribution in [2.24, 2.45) is 5.84 Å². The zero-order valence-corrected chi connectivity index (χ0v) is 10.3. The topological polar surface area (TPSA) is 105 Å². The Morgan fingerprint density at radius 1 is 1.35 bits per heavy atom. The van der Waals surface area contributed by atoms with Crippen molar-refractivity contribution in [3.63, 3.8) is 0 Å². The Bertz CT molecular complexity index is 506. The Balaban J connectivity index is 2.24. The van der Waals surface area contributed by atoms with Crippen LogP contribution in [0, 0.1) is 0 Å². The first-order valence-corrected chi connectivity index (χ1v) is 5.87. The van der Waals surface area contributed by atoms with Crippen molar-refractivity contribution < 1.29 is 18.0 Å². The Morgan fingerprint density at radius 2 is 2.05 bits per heavy atom. The molecular formula is C10H13F3N6O. The maximum absolute atomic E-state index is 12.6. The van der Waals surface area contributed by atoms with E-state index in [0.717, 1.165) is 6.42 Å². The van der Waals surface area contributed by atoms with Crippen LogP contribution in [0.1, 0.15) is 18.7 Å². The van der Waals surface area contributed by atoms with E-state index in [2.05, 4.69) is 20.6 Å². The second-order valence-corrected chi connectivity index (χ2v) is 4.23. The van der Waals surface area contributed by atoms with E-state index in [1.54, 1.807) is 0 Å². The third-order valence-electron chi connectivity index (χ3n) is 2.73. The Hall–Kier alpha value is -2.10. The van der Waals surface area contributed by atoms with Gasteiger partial charge in [-0.2, -0.15) is 13.2 Å². The van der Waals surface area contributed by atoms with Gasteiger partial charge in [0, 0.05) is 12.6 Å². The minimum Gasteiger partial charge on any atom is -0.358 e. The molecule has 0 aliphatic carbocycles. The van der Waals surface area contributed by atoms with E-state index in [0.29, 0.717) is 13.0 Å². The normalized spacial score (nSPS) is 19.4. The predicted octanol–water partition coefficient (Wildman–Crippen LogP) is 0.471. The van der Waals surface area contributed by atoms with Crippen LogP contribution in [0.15, 0.2) is 6.07 Å². The molecule has 2 rings (SSSR count). The molecule has 1 amide bonds. The minimum absolute atomic E-state index is 0.109. The highest BCUT2D eigenvalue weighted by atomic mass is 19.4. The van der Waals surface area contributed by atoms with Crippen LogP contribution in [0.2, 0.25) is 0 Å². The molecule has 2 heterocycles. The summed E-state index contributed by atoms with van der Waals surface area (Å²) in [6, 6.07) is 0.585. The molecule has 1 unspecified atom stereocenters. The third-order valence-corrected chi connectivity index (χ3v) is 2.73. The van der Waals surface area contributed by atoms with Gasteiger partial charge in [0.2, 0.25) is 11.7 Å². The van der Waals surface area contributed by atoms with Crippen LogP contribution in [0.25, 0.3) is 0 Å². The molecule has 1 aromatic rings. The molecule has 0 saturated carbocycles. The third kappa shape index (κ3) is 3.26. The molecule has 0 radical (unpaired) electrons. The lowest BCUT2D eigenvalue weighted by Gasteiger charge is -2.23. The van der Waals surface area contributed by atoms with Gasteiger partial charge in [0.25, 0.3) is 0 Å². The first-order valence-electron chi connectivity index (χ1n) is 5.87. The van der Waals surface area contributed by atoms with Crippen molar-refractivity contribution in [2.45, 2.75) is 25.1 Å². The number of anilines is 2. The summed E-state index contributed by atoms with van der Waals surface area (Å²) < 4.78 is 37.9. The summed E-state index contributed by atoms with van der Waals surface area (Å²) in [5, 5.41) is 5.28. The number of alkyl halides is 3. The van der Waals surface area contributed by atoms with E-state index in [4.69, 9.17) is 5.84 Å². The maximum atomic E-state index is 12.6. The Kier molecular flexibility index (Phi) is 3.93. The fourth-order valence-corrected chi connectivity index (χ4v) is 1.81. The van der Waals surface area contributed by atoms with Gasteiger partial charge in [0.15, 0.2) is 0 Å². The monoisotopic (exact) mass is 290 g/mol. The summed E-state index contributed by atoms with van der Waals surface area (Å²) in [6.45, 7) is 0.560. The van der Waals surface area contributed by atoms with Gasteiger partial charge in [-0.05, 0) is 12.8 Å². The van der Waals surface area contributed by atoms with E-state index < -0.39 is 18.0 Å². The molecule has 0 spiro atoms. The zero-order valence-electron chi connectivity index (χ0n) is 10.3. The van der Waals surface area contributed by atoms with Crippen molar-refractivity contribution in [1.82, 2.24) is 15.3 Å². The van der Waals surface area contributed by atoms with Gasteiger partial charge in [-0.15, -0.1) is 0 Å². The van der Waals surface area contributed by atoms with E-state index in [1.807, 2.05) is 5.43 Å². The number of nitrogens with two attached hydrogens (primary N) is 1. The van der Waals surface area contributed by atoms with Gasteiger partial charge in [-0.3, -0.25) is 4.79 Å². The molecule has 7 nitrogen and oxygen atoms in total. The van der Waals surface area contributed by atoms with Crippen LogP contribution in [-0.4, -0.2) is 28.5 Å². The van der Waals surface area contributed by atoms with Crippen LogP contribution in [-0.2, 0) is 11.0 Å². The lowest BCUT2D eigenvalue weighted by atomic mass is 10.1. The van der Waals surface area contributed by atoms with Crippen LogP contribution in [0.3, 0.4) is 0 Å². The molecule has 1 atom stereocenters. The number of hydrogen-bond acceptors (Lipinski definition) is 6. The number of nitrogens with zero attached hydrogens (tertiary/aromatic N) is 2. The van der Waals surface area contributed by atoms with Crippen LogP contribution in [0.5, 0.6) is 0 Å². The van der Waals surface area contributed by atoms with E-state index >= 15 is 0 Å². The Labute approximate surface area is 112 Å². The molecule has 0 bridgehead atoms. The zero-order chi connectivity index (χ0) is 14.8. The van der Waals surface area contributed by atoms with Crippen LogP contribution < -0.4 is 21.9 Å². The highest BCUT2D eigenvalue weighted by Crippen LogP contribution is 2.28. The maximum Gasteiger partial charge on any atom is 0.451 e. The minimum atomic E-state index is -4.70. The number of amides is 1. The Morgan fingerprint density at radius 3 is 2.65 bits per heavy atom. The summed E-state index contributed by atoms with van der Waals surface area (Å²) in [5.74, 6) is 3.18. The van der Waals surface area contributed by atoms with Crippen molar-refractivity contribution >= 4 is 17.5 Å². The van der Waals surface area contributed by atoms with E-state index in [1.165, 1.54) is 6.07 Å². The van der Waals surface area contributed by atoms with Crippen molar-refractivity contribution in [1.29, 1.82) is 0 Å². The summed E-state index contributed by atoms with van der Waals surface area (Å²) in [5.41, 5.74) is 2.04. The summed E-state index contributed by atoms with van der Waals surface area (Å²) >= 11 is 0. The molecule has 1 saturated heterocycles. The van der Waals surface area contributed by atoms with Crippen LogP contribution in [0.4, 0.5) is 24.8 Å². The SMILES string of the molecule is NNc1cc(NC2CCCNC2=O)nc(C(F)(F)F)n1.